The van der Waals surface area contributed by atoms with Crippen molar-refractivity contribution >= 4 is 5.96 Å². The molecule has 0 bridgehead atoms. The van der Waals surface area contributed by atoms with E-state index >= 15 is 0 Å². The molecule has 29 heavy (non-hydrogen) atoms. The molecule has 2 aliphatic rings. The molecule has 1 fully saturated rings. The van der Waals surface area contributed by atoms with Gasteiger partial charge in [-0.05, 0) is 37.0 Å². The smallest absolute Gasteiger partial charge is 0.191 e. The Balaban J connectivity index is 1.52. The Bertz CT molecular complexity index is 659. The first kappa shape index (κ1) is 21.7. The highest BCUT2D eigenvalue weighted by molar-refractivity contribution is 5.79. The van der Waals surface area contributed by atoms with Crippen LogP contribution in [0.1, 0.15) is 37.7 Å². The molecule has 7 nitrogen and oxygen atoms in total. The zero-order valence-corrected chi connectivity index (χ0v) is 17.8. The van der Waals surface area contributed by atoms with E-state index in [2.05, 4.69) is 33.8 Å². The second-order valence-corrected chi connectivity index (χ2v) is 7.66. The third-order valence-corrected chi connectivity index (χ3v) is 5.72. The fraction of sp³-hybridized carbons (Fsp3) is 0.682. The Morgan fingerprint density at radius 1 is 1.07 bits per heavy atom. The number of hydrogen-bond acceptors (Lipinski definition) is 5. The molecule has 1 aromatic carbocycles. The van der Waals surface area contributed by atoms with Crippen molar-refractivity contribution in [1.29, 1.82) is 0 Å². The first-order chi connectivity index (χ1) is 14.3. The normalized spacial score (nSPS) is 17.9. The quantitative estimate of drug-likeness (QED) is 0.354. The predicted octanol–water partition coefficient (Wildman–Crippen LogP) is 2.49. The minimum atomic E-state index is 0.108. The highest BCUT2D eigenvalue weighted by Crippen LogP contribution is 2.43. The van der Waals surface area contributed by atoms with Crippen LogP contribution < -0.4 is 20.1 Å². The maximum atomic E-state index is 5.81. The van der Waals surface area contributed by atoms with Crippen LogP contribution in [0.25, 0.3) is 0 Å². The fourth-order valence-electron chi connectivity index (χ4n) is 4.09. The van der Waals surface area contributed by atoms with Crippen LogP contribution in [-0.4, -0.2) is 66.2 Å². The van der Waals surface area contributed by atoms with E-state index in [0.29, 0.717) is 33.0 Å². The molecule has 7 heteroatoms. The van der Waals surface area contributed by atoms with E-state index in [4.69, 9.17) is 18.9 Å². The zero-order chi connectivity index (χ0) is 20.4. The summed E-state index contributed by atoms with van der Waals surface area (Å²) >= 11 is 0. The van der Waals surface area contributed by atoms with Crippen LogP contribution in [0.15, 0.2) is 23.2 Å². The molecule has 1 saturated carbocycles. The summed E-state index contributed by atoms with van der Waals surface area (Å²) in [7, 11) is 3.50. The van der Waals surface area contributed by atoms with E-state index in [0.717, 1.165) is 37.0 Å². The number of hydrogen-bond donors (Lipinski definition) is 2. The highest BCUT2D eigenvalue weighted by atomic mass is 16.6. The van der Waals surface area contributed by atoms with E-state index in [9.17, 15) is 0 Å². The zero-order valence-electron chi connectivity index (χ0n) is 17.8. The van der Waals surface area contributed by atoms with Gasteiger partial charge in [0.25, 0.3) is 0 Å². The predicted molar refractivity (Wildman–Crippen MR) is 114 cm³/mol. The Kier molecular flexibility index (Phi) is 8.43. The standard InChI is InChI=1S/C22H35N3O4/c1-23-21(24-10-5-11-27-13-12-26-2)25-17-22(8-3-4-9-22)18-6-7-19-20(16-18)29-15-14-28-19/h6-7,16H,3-5,8-15,17H2,1-2H3,(H2,23,24,25). The van der Waals surface area contributed by atoms with Crippen LogP contribution >= 0.6 is 0 Å². The van der Waals surface area contributed by atoms with Gasteiger partial charge in [0, 0.05) is 39.3 Å². The van der Waals surface area contributed by atoms with Gasteiger partial charge in [0.15, 0.2) is 17.5 Å². The number of benzene rings is 1. The first-order valence-corrected chi connectivity index (χ1v) is 10.7. The number of aliphatic imine (C=N–C) groups is 1. The van der Waals surface area contributed by atoms with Gasteiger partial charge in [-0.1, -0.05) is 18.9 Å². The van der Waals surface area contributed by atoms with Gasteiger partial charge in [0.1, 0.15) is 13.2 Å². The lowest BCUT2D eigenvalue weighted by Crippen LogP contribution is -2.45. The largest absolute Gasteiger partial charge is 0.486 e. The monoisotopic (exact) mass is 405 g/mol. The molecule has 0 unspecified atom stereocenters. The summed E-state index contributed by atoms with van der Waals surface area (Å²) in [6, 6.07) is 6.43. The lowest BCUT2D eigenvalue weighted by Gasteiger charge is -2.32. The van der Waals surface area contributed by atoms with Gasteiger partial charge >= 0.3 is 0 Å². The number of nitrogens with one attached hydrogen (secondary N) is 2. The van der Waals surface area contributed by atoms with Crippen LogP contribution in [0.3, 0.4) is 0 Å². The molecular formula is C22H35N3O4. The van der Waals surface area contributed by atoms with Gasteiger partial charge in [-0.15, -0.1) is 0 Å². The van der Waals surface area contributed by atoms with Gasteiger partial charge < -0.3 is 29.6 Å². The molecule has 3 rings (SSSR count). The van der Waals surface area contributed by atoms with Gasteiger partial charge in [-0.2, -0.15) is 0 Å². The van der Waals surface area contributed by atoms with E-state index in [1.807, 2.05) is 7.05 Å². The van der Waals surface area contributed by atoms with Crippen molar-refractivity contribution in [2.45, 2.75) is 37.5 Å². The number of guanidine groups is 1. The van der Waals surface area contributed by atoms with Crippen LogP contribution in [0, 0.1) is 0 Å². The maximum Gasteiger partial charge on any atom is 0.191 e. The number of rotatable bonds is 10. The minimum Gasteiger partial charge on any atom is -0.486 e. The molecule has 1 aliphatic carbocycles. The summed E-state index contributed by atoms with van der Waals surface area (Å²) in [4.78, 5) is 4.38. The second kappa shape index (κ2) is 11.3. The lowest BCUT2D eigenvalue weighted by molar-refractivity contribution is 0.0698. The van der Waals surface area contributed by atoms with Gasteiger partial charge in [0.2, 0.25) is 0 Å². The topological polar surface area (TPSA) is 73.3 Å². The summed E-state index contributed by atoms with van der Waals surface area (Å²) in [6.07, 6.45) is 5.77. The summed E-state index contributed by atoms with van der Waals surface area (Å²) < 4.78 is 22.0. The summed E-state index contributed by atoms with van der Waals surface area (Å²) in [6.45, 7) is 4.92. The maximum absolute atomic E-state index is 5.81. The van der Waals surface area contributed by atoms with Gasteiger partial charge in [-0.3, -0.25) is 4.99 Å². The summed E-state index contributed by atoms with van der Waals surface area (Å²) in [5, 5.41) is 6.93. The highest BCUT2D eigenvalue weighted by Gasteiger charge is 2.36. The molecule has 1 heterocycles. The molecule has 1 aromatic rings. The lowest BCUT2D eigenvalue weighted by atomic mass is 9.78. The molecule has 1 aliphatic heterocycles. The van der Waals surface area contributed by atoms with Gasteiger partial charge in [-0.25, -0.2) is 0 Å². The average molecular weight is 406 g/mol. The van der Waals surface area contributed by atoms with Crippen molar-refractivity contribution in [3.8, 4) is 11.5 Å². The Hall–Kier alpha value is -1.99. The third kappa shape index (κ3) is 6.00. The molecule has 0 amide bonds. The fourth-order valence-corrected chi connectivity index (χ4v) is 4.09. The van der Waals surface area contributed by atoms with Crippen LogP contribution in [-0.2, 0) is 14.9 Å². The summed E-state index contributed by atoms with van der Waals surface area (Å²) in [5.41, 5.74) is 1.44. The number of ether oxygens (including phenoxy) is 4. The van der Waals surface area contributed by atoms with Crippen molar-refractivity contribution in [1.82, 2.24) is 10.6 Å². The second-order valence-electron chi connectivity index (χ2n) is 7.66. The van der Waals surface area contributed by atoms with E-state index < -0.39 is 0 Å². The van der Waals surface area contributed by atoms with Crippen LogP contribution in [0.5, 0.6) is 11.5 Å². The molecular weight excluding hydrogens is 370 g/mol. The molecule has 0 radical (unpaired) electrons. The average Bonchev–Trinajstić information content (AvgIpc) is 3.25. The third-order valence-electron chi connectivity index (χ3n) is 5.72. The van der Waals surface area contributed by atoms with Crippen molar-refractivity contribution in [2.75, 3.05) is 60.3 Å². The Morgan fingerprint density at radius 3 is 2.62 bits per heavy atom. The van der Waals surface area contributed by atoms with Crippen molar-refractivity contribution in [3.05, 3.63) is 23.8 Å². The van der Waals surface area contributed by atoms with E-state index in [1.165, 1.54) is 31.2 Å². The Labute approximate surface area is 174 Å². The number of nitrogens with zero attached hydrogens (tertiary/aromatic N) is 1. The van der Waals surface area contributed by atoms with Crippen molar-refractivity contribution < 1.29 is 18.9 Å². The van der Waals surface area contributed by atoms with E-state index in [1.54, 1.807) is 7.11 Å². The molecule has 0 spiro atoms. The number of fused-ring (bicyclic) bond motifs is 1. The molecule has 162 valence electrons. The van der Waals surface area contributed by atoms with E-state index in [-0.39, 0.29) is 5.41 Å². The molecule has 0 aromatic heterocycles. The summed E-state index contributed by atoms with van der Waals surface area (Å²) in [5.74, 6) is 2.56. The SMILES string of the molecule is CN=C(NCCCOCCOC)NCC1(c2ccc3c(c2)OCCO3)CCCC1. The molecule has 0 saturated heterocycles. The van der Waals surface area contributed by atoms with Crippen LogP contribution in [0.2, 0.25) is 0 Å². The minimum absolute atomic E-state index is 0.108. The van der Waals surface area contributed by atoms with Crippen molar-refractivity contribution in [2.24, 2.45) is 4.99 Å². The van der Waals surface area contributed by atoms with Crippen molar-refractivity contribution in [3.63, 3.8) is 0 Å². The molecule has 2 N–H and O–H groups in total. The molecule has 0 atom stereocenters. The van der Waals surface area contributed by atoms with Crippen LogP contribution in [0.4, 0.5) is 0 Å². The Morgan fingerprint density at radius 2 is 1.86 bits per heavy atom. The first-order valence-electron chi connectivity index (χ1n) is 10.7. The van der Waals surface area contributed by atoms with Gasteiger partial charge in [0.05, 0.1) is 13.2 Å². The number of methoxy groups -OCH3 is 1.